The molecule has 0 aromatic rings. The lowest BCUT2D eigenvalue weighted by atomic mass is 10.2. The van der Waals surface area contributed by atoms with Crippen LogP contribution < -0.4 is 0 Å². The minimum atomic E-state index is -1.07. The van der Waals surface area contributed by atoms with E-state index in [0.717, 1.165) is 0 Å². The SMILES string of the molecule is CCOC(=O)\C(C)=C/C=C/C(C)=C\C(OC(C)=O)OC(C)=O. The molecule has 0 spiro atoms. The predicted octanol–water partition coefficient (Wildman–Crippen LogP) is 2.45. The lowest BCUT2D eigenvalue weighted by molar-refractivity contribution is -0.176. The van der Waals surface area contributed by atoms with E-state index in [1.807, 2.05) is 0 Å². The van der Waals surface area contributed by atoms with Gasteiger partial charge in [-0.3, -0.25) is 9.59 Å². The molecule has 0 aromatic carbocycles. The highest BCUT2D eigenvalue weighted by atomic mass is 16.7. The fourth-order valence-electron chi connectivity index (χ4n) is 1.35. The third kappa shape index (κ3) is 9.52. The van der Waals surface area contributed by atoms with Crippen molar-refractivity contribution in [2.24, 2.45) is 0 Å². The molecule has 0 bridgehead atoms. The summed E-state index contributed by atoms with van der Waals surface area (Å²) in [5.41, 5.74) is 1.16. The number of ether oxygens (including phenoxy) is 3. The lowest BCUT2D eigenvalue weighted by Crippen LogP contribution is -2.20. The number of carbonyl (C=O) groups excluding carboxylic acids is 3. The molecular weight excluding hydrogens is 288 g/mol. The summed E-state index contributed by atoms with van der Waals surface area (Å²) in [6.07, 6.45) is 5.34. The van der Waals surface area contributed by atoms with Gasteiger partial charge >= 0.3 is 17.9 Å². The summed E-state index contributed by atoms with van der Waals surface area (Å²) in [6, 6.07) is 0. The molecule has 0 atom stereocenters. The van der Waals surface area contributed by atoms with Gasteiger partial charge in [-0.25, -0.2) is 4.79 Å². The molecule has 6 heteroatoms. The second-order valence-electron chi connectivity index (χ2n) is 4.43. The van der Waals surface area contributed by atoms with Gasteiger partial charge in [0.25, 0.3) is 6.29 Å². The number of allylic oxidation sites excluding steroid dienone is 4. The third-order valence-corrected chi connectivity index (χ3v) is 2.27. The maximum atomic E-state index is 11.4. The number of hydrogen-bond acceptors (Lipinski definition) is 6. The summed E-state index contributed by atoms with van der Waals surface area (Å²) in [5, 5.41) is 0. The minimum Gasteiger partial charge on any atom is -0.463 e. The van der Waals surface area contributed by atoms with E-state index in [4.69, 9.17) is 14.2 Å². The van der Waals surface area contributed by atoms with Crippen molar-refractivity contribution in [2.45, 2.75) is 40.9 Å². The Labute approximate surface area is 130 Å². The first-order chi connectivity index (χ1) is 10.3. The van der Waals surface area contributed by atoms with Gasteiger partial charge in [0, 0.05) is 19.4 Å². The number of carbonyl (C=O) groups is 3. The van der Waals surface area contributed by atoms with Crippen molar-refractivity contribution in [3.63, 3.8) is 0 Å². The number of hydrogen-bond donors (Lipinski definition) is 0. The fraction of sp³-hybridized carbons (Fsp3) is 0.438. The Morgan fingerprint density at radius 2 is 1.55 bits per heavy atom. The van der Waals surface area contributed by atoms with Crippen LogP contribution in [0.1, 0.15) is 34.6 Å². The highest BCUT2D eigenvalue weighted by molar-refractivity contribution is 5.88. The molecule has 0 heterocycles. The van der Waals surface area contributed by atoms with Gasteiger partial charge < -0.3 is 14.2 Å². The van der Waals surface area contributed by atoms with E-state index in [-0.39, 0.29) is 5.97 Å². The van der Waals surface area contributed by atoms with Crippen molar-refractivity contribution in [3.8, 4) is 0 Å². The van der Waals surface area contributed by atoms with Crippen LogP contribution in [0, 0.1) is 0 Å². The molecule has 0 amide bonds. The first-order valence-electron chi connectivity index (χ1n) is 6.81. The Balaban J connectivity index is 4.83. The van der Waals surface area contributed by atoms with Crippen LogP contribution in [0.15, 0.2) is 35.5 Å². The zero-order valence-corrected chi connectivity index (χ0v) is 13.5. The summed E-state index contributed by atoms with van der Waals surface area (Å²) in [4.78, 5) is 33.3. The summed E-state index contributed by atoms with van der Waals surface area (Å²) < 4.78 is 14.5. The normalized spacial score (nSPS) is 12.5. The van der Waals surface area contributed by atoms with Crippen LogP contribution in [0.25, 0.3) is 0 Å². The van der Waals surface area contributed by atoms with E-state index >= 15 is 0 Å². The van der Waals surface area contributed by atoms with Gasteiger partial charge in [-0.1, -0.05) is 18.2 Å². The Kier molecular flexibility index (Phi) is 9.25. The molecule has 6 nitrogen and oxygen atoms in total. The van der Waals surface area contributed by atoms with Crippen LogP contribution in [0.5, 0.6) is 0 Å². The van der Waals surface area contributed by atoms with Crippen LogP contribution in [0.2, 0.25) is 0 Å². The van der Waals surface area contributed by atoms with E-state index in [9.17, 15) is 14.4 Å². The first-order valence-corrected chi connectivity index (χ1v) is 6.81. The molecule has 0 aliphatic rings. The summed E-state index contributed by atoms with van der Waals surface area (Å²) in [7, 11) is 0. The smallest absolute Gasteiger partial charge is 0.333 e. The average Bonchev–Trinajstić information content (AvgIpc) is 2.36. The quantitative estimate of drug-likeness (QED) is 0.311. The van der Waals surface area contributed by atoms with E-state index in [1.165, 1.54) is 19.9 Å². The summed E-state index contributed by atoms with van der Waals surface area (Å²) >= 11 is 0. The fourth-order valence-corrected chi connectivity index (χ4v) is 1.35. The van der Waals surface area contributed by atoms with E-state index in [1.54, 1.807) is 39.0 Å². The topological polar surface area (TPSA) is 78.9 Å². The molecular formula is C16H22O6. The minimum absolute atomic E-state index is 0.319. The van der Waals surface area contributed by atoms with Gasteiger partial charge in [0.05, 0.1) is 6.61 Å². The summed E-state index contributed by atoms with van der Waals surface area (Å²) in [5.74, 6) is -1.50. The number of rotatable bonds is 7. The zero-order valence-electron chi connectivity index (χ0n) is 13.5. The Bertz CT molecular complexity index is 483. The molecule has 0 aromatic heterocycles. The highest BCUT2D eigenvalue weighted by Gasteiger charge is 2.11. The van der Waals surface area contributed by atoms with Gasteiger partial charge in [0.2, 0.25) is 0 Å². The second kappa shape index (κ2) is 10.4. The Morgan fingerprint density at radius 1 is 1.00 bits per heavy atom. The molecule has 0 radical (unpaired) electrons. The van der Waals surface area contributed by atoms with Gasteiger partial charge in [-0.15, -0.1) is 0 Å². The maximum absolute atomic E-state index is 11.4. The molecule has 0 aliphatic carbocycles. The van der Waals surface area contributed by atoms with Crippen molar-refractivity contribution >= 4 is 17.9 Å². The average molecular weight is 310 g/mol. The molecule has 0 rings (SSSR count). The monoisotopic (exact) mass is 310 g/mol. The van der Waals surface area contributed by atoms with E-state index < -0.39 is 18.2 Å². The van der Waals surface area contributed by atoms with Gasteiger partial charge in [0.15, 0.2) is 0 Å². The molecule has 0 aliphatic heterocycles. The molecule has 0 saturated carbocycles. The molecule has 0 saturated heterocycles. The van der Waals surface area contributed by atoms with Crippen molar-refractivity contribution in [1.29, 1.82) is 0 Å². The lowest BCUT2D eigenvalue weighted by Gasteiger charge is -2.13. The zero-order chi connectivity index (χ0) is 17.1. The van der Waals surface area contributed by atoms with Crippen LogP contribution in [0.3, 0.4) is 0 Å². The molecule has 0 fully saturated rings. The second-order valence-corrected chi connectivity index (χ2v) is 4.43. The van der Waals surface area contributed by atoms with Crippen LogP contribution in [-0.2, 0) is 28.6 Å². The first kappa shape index (κ1) is 19.6. The van der Waals surface area contributed by atoms with Crippen LogP contribution in [0.4, 0.5) is 0 Å². The number of esters is 3. The largest absolute Gasteiger partial charge is 0.463 e. The summed E-state index contributed by atoms with van der Waals surface area (Å²) in [6.45, 7) is 7.88. The van der Waals surface area contributed by atoms with Crippen LogP contribution >= 0.6 is 0 Å². The molecule has 0 unspecified atom stereocenters. The third-order valence-electron chi connectivity index (χ3n) is 2.27. The molecule has 22 heavy (non-hydrogen) atoms. The predicted molar refractivity (Wildman–Crippen MR) is 80.6 cm³/mol. The standard InChI is InChI=1S/C16H22O6/c1-6-20-16(19)12(3)9-7-8-11(2)10-15(21-13(4)17)22-14(5)18/h7-10,15H,6H2,1-5H3/b8-7+,11-10-,12-9-. The van der Waals surface area contributed by atoms with Gasteiger partial charge in [-0.05, 0) is 32.4 Å². The van der Waals surface area contributed by atoms with Crippen molar-refractivity contribution in [1.82, 2.24) is 0 Å². The van der Waals surface area contributed by atoms with Crippen molar-refractivity contribution < 1.29 is 28.6 Å². The maximum Gasteiger partial charge on any atom is 0.333 e. The molecule has 0 N–H and O–H groups in total. The van der Waals surface area contributed by atoms with E-state index in [2.05, 4.69) is 0 Å². The van der Waals surface area contributed by atoms with E-state index in [0.29, 0.717) is 17.8 Å². The Morgan fingerprint density at radius 3 is 2.00 bits per heavy atom. The van der Waals surface area contributed by atoms with Crippen molar-refractivity contribution in [3.05, 3.63) is 35.5 Å². The Hall–Kier alpha value is -2.37. The molecule has 122 valence electrons. The van der Waals surface area contributed by atoms with Crippen LogP contribution in [-0.4, -0.2) is 30.8 Å². The van der Waals surface area contributed by atoms with Gasteiger partial charge in [0.1, 0.15) is 0 Å². The highest BCUT2D eigenvalue weighted by Crippen LogP contribution is 2.06. The van der Waals surface area contributed by atoms with Crippen molar-refractivity contribution in [2.75, 3.05) is 6.61 Å². The van der Waals surface area contributed by atoms with Gasteiger partial charge in [-0.2, -0.15) is 0 Å².